The molecule has 5 rings (SSSR count). The fraction of sp³-hybridized carbons (Fsp3) is 0.357. The van der Waals surface area contributed by atoms with Gasteiger partial charge in [-0.3, -0.25) is 9.69 Å². The van der Waals surface area contributed by atoms with Gasteiger partial charge in [0.2, 0.25) is 5.91 Å². The molecule has 2 aromatic carbocycles. The molecule has 1 aromatic heterocycles. The maximum Gasteiger partial charge on any atom is 0.236 e. The SMILES string of the molecule is Cc1cccc(N2CCN(C(=O)CN3CC=C(c4cnn(-c5ccccc5Cl)c4)CC3)CC2)c1C. The van der Waals surface area contributed by atoms with Crippen LogP contribution in [-0.2, 0) is 4.79 Å². The lowest BCUT2D eigenvalue weighted by Gasteiger charge is -2.38. The largest absolute Gasteiger partial charge is 0.368 e. The van der Waals surface area contributed by atoms with Crippen LogP contribution in [0.2, 0.25) is 5.02 Å². The maximum atomic E-state index is 13.0. The van der Waals surface area contributed by atoms with Gasteiger partial charge in [-0.2, -0.15) is 5.10 Å². The van der Waals surface area contributed by atoms with Crippen molar-refractivity contribution in [1.82, 2.24) is 19.6 Å². The quantitative estimate of drug-likeness (QED) is 0.526. The first-order valence-electron chi connectivity index (χ1n) is 12.3. The smallest absolute Gasteiger partial charge is 0.236 e. The molecule has 35 heavy (non-hydrogen) atoms. The molecule has 0 radical (unpaired) electrons. The lowest BCUT2D eigenvalue weighted by atomic mass is 10.0. The molecule has 0 saturated carbocycles. The number of para-hydroxylation sites is 1. The molecule has 6 nitrogen and oxygen atoms in total. The van der Waals surface area contributed by atoms with Crippen LogP contribution in [0, 0.1) is 13.8 Å². The van der Waals surface area contributed by atoms with E-state index in [4.69, 9.17) is 11.6 Å². The van der Waals surface area contributed by atoms with Crippen molar-refractivity contribution in [2.45, 2.75) is 20.3 Å². The van der Waals surface area contributed by atoms with E-state index >= 15 is 0 Å². The van der Waals surface area contributed by atoms with Crippen LogP contribution in [0.3, 0.4) is 0 Å². The number of carbonyl (C=O) groups excluding carboxylic acids is 1. The predicted molar refractivity (Wildman–Crippen MR) is 142 cm³/mol. The molecule has 1 amide bonds. The van der Waals surface area contributed by atoms with E-state index in [0.717, 1.165) is 56.9 Å². The Labute approximate surface area is 212 Å². The number of nitrogens with zero attached hydrogens (tertiary/aromatic N) is 5. The van der Waals surface area contributed by atoms with E-state index < -0.39 is 0 Å². The molecule has 2 aliphatic heterocycles. The number of amides is 1. The predicted octanol–water partition coefficient (Wildman–Crippen LogP) is 4.58. The molecular formula is C28H32ClN5O. The van der Waals surface area contributed by atoms with Crippen molar-refractivity contribution in [3.63, 3.8) is 0 Å². The van der Waals surface area contributed by atoms with E-state index in [9.17, 15) is 4.79 Å². The summed E-state index contributed by atoms with van der Waals surface area (Å²) in [4.78, 5) is 19.7. The van der Waals surface area contributed by atoms with Gasteiger partial charge in [0.15, 0.2) is 0 Å². The molecule has 7 heteroatoms. The molecular weight excluding hydrogens is 458 g/mol. The average Bonchev–Trinajstić information content (AvgIpc) is 3.37. The third kappa shape index (κ3) is 5.14. The molecule has 1 saturated heterocycles. The second kappa shape index (κ2) is 10.3. The van der Waals surface area contributed by atoms with Gasteiger partial charge in [-0.05, 0) is 55.2 Å². The lowest BCUT2D eigenvalue weighted by Crippen LogP contribution is -2.51. The number of halogens is 1. The van der Waals surface area contributed by atoms with Gasteiger partial charge in [0, 0.05) is 56.7 Å². The van der Waals surface area contributed by atoms with Crippen LogP contribution in [0.1, 0.15) is 23.1 Å². The van der Waals surface area contributed by atoms with Gasteiger partial charge in [-0.15, -0.1) is 0 Å². The lowest BCUT2D eigenvalue weighted by molar-refractivity contribution is -0.132. The minimum Gasteiger partial charge on any atom is -0.368 e. The Hall–Kier alpha value is -3.09. The Kier molecular flexibility index (Phi) is 6.93. The number of hydrogen-bond acceptors (Lipinski definition) is 4. The third-order valence-electron chi connectivity index (χ3n) is 7.25. The summed E-state index contributed by atoms with van der Waals surface area (Å²) in [5.41, 5.74) is 7.20. The first-order chi connectivity index (χ1) is 17.0. The number of aryl methyl sites for hydroxylation is 1. The zero-order valence-electron chi connectivity index (χ0n) is 20.5. The number of aromatic nitrogens is 2. The molecule has 0 atom stereocenters. The Bertz CT molecular complexity index is 1240. The van der Waals surface area contributed by atoms with E-state index in [-0.39, 0.29) is 5.91 Å². The summed E-state index contributed by atoms with van der Waals surface area (Å²) in [6.45, 7) is 9.80. The van der Waals surface area contributed by atoms with Crippen LogP contribution < -0.4 is 4.90 Å². The van der Waals surface area contributed by atoms with Crippen molar-refractivity contribution in [2.24, 2.45) is 0 Å². The molecule has 0 aliphatic carbocycles. The highest BCUT2D eigenvalue weighted by atomic mass is 35.5. The van der Waals surface area contributed by atoms with Gasteiger partial charge in [0.05, 0.1) is 23.5 Å². The molecule has 0 unspecified atom stereocenters. The van der Waals surface area contributed by atoms with Crippen molar-refractivity contribution in [3.05, 3.63) is 82.6 Å². The van der Waals surface area contributed by atoms with E-state index in [1.807, 2.05) is 46.2 Å². The van der Waals surface area contributed by atoms with Crippen molar-refractivity contribution in [2.75, 3.05) is 50.7 Å². The minimum atomic E-state index is 0.231. The van der Waals surface area contributed by atoms with Gasteiger partial charge >= 0.3 is 0 Å². The van der Waals surface area contributed by atoms with Crippen molar-refractivity contribution in [3.8, 4) is 5.69 Å². The third-order valence-corrected chi connectivity index (χ3v) is 7.57. The first-order valence-corrected chi connectivity index (χ1v) is 12.7. The van der Waals surface area contributed by atoms with Crippen molar-refractivity contribution >= 4 is 28.8 Å². The van der Waals surface area contributed by atoms with Crippen LogP contribution in [0.15, 0.2) is 60.9 Å². The molecule has 0 bridgehead atoms. The topological polar surface area (TPSA) is 44.6 Å². The van der Waals surface area contributed by atoms with Gasteiger partial charge < -0.3 is 9.80 Å². The fourth-order valence-corrected chi connectivity index (χ4v) is 5.16. The van der Waals surface area contributed by atoms with Crippen LogP contribution in [0.4, 0.5) is 5.69 Å². The second-order valence-electron chi connectivity index (χ2n) is 9.43. The van der Waals surface area contributed by atoms with Gasteiger partial charge in [-0.25, -0.2) is 4.68 Å². The summed E-state index contributed by atoms with van der Waals surface area (Å²) in [7, 11) is 0. The normalized spacial score (nSPS) is 16.9. The molecule has 1 fully saturated rings. The summed E-state index contributed by atoms with van der Waals surface area (Å²) in [6, 6.07) is 14.2. The number of hydrogen-bond donors (Lipinski definition) is 0. The van der Waals surface area contributed by atoms with Crippen molar-refractivity contribution < 1.29 is 4.79 Å². The fourth-order valence-electron chi connectivity index (χ4n) is 4.94. The van der Waals surface area contributed by atoms with E-state index in [2.05, 4.69) is 53.0 Å². The second-order valence-corrected chi connectivity index (χ2v) is 9.83. The molecule has 182 valence electrons. The van der Waals surface area contributed by atoms with E-state index in [0.29, 0.717) is 11.6 Å². The Balaban J connectivity index is 1.14. The van der Waals surface area contributed by atoms with Crippen molar-refractivity contribution in [1.29, 1.82) is 0 Å². The van der Waals surface area contributed by atoms with E-state index in [1.54, 1.807) is 0 Å². The van der Waals surface area contributed by atoms with Crippen LogP contribution >= 0.6 is 11.6 Å². The van der Waals surface area contributed by atoms with Crippen LogP contribution in [-0.4, -0.2) is 71.3 Å². The zero-order chi connectivity index (χ0) is 24.4. The number of anilines is 1. The van der Waals surface area contributed by atoms with Gasteiger partial charge in [0.1, 0.15) is 0 Å². The number of carbonyl (C=O) groups is 1. The van der Waals surface area contributed by atoms with Crippen LogP contribution in [0.25, 0.3) is 11.3 Å². The highest BCUT2D eigenvalue weighted by Crippen LogP contribution is 2.26. The molecule has 0 N–H and O–H groups in total. The molecule has 3 heterocycles. The zero-order valence-corrected chi connectivity index (χ0v) is 21.2. The maximum absolute atomic E-state index is 13.0. The Morgan fingerprint density at radius 1 is 0.971 bits per heavy atom. The standard InChI is InChI=1S/C28H32ClN5O/c1-21-6-5-9-26(22(21)2)32-14-16-33(17-15-32)28(35)20-31-12-10-23(11-13-31)24-18-30-34(19-24)27-8-4-3-7-25(27)29/h3-10,18-19H,11-17,20H2,1-2H3. The van der Waals surface area contributed by atoms with E-state index in [1.165, 1.54) is 22.4 Å². The highest BCUT2D eigenvalue weighted by Gasteiger charge is 2.24. The summed E-state index contributed by atoms with van der Waals surface area (Å²) < 4.78 is 1.83. The first kappa shape index (κ1) is 23.6. The average molecular weight is 490 g/mol. The summed E-state index contributed by atoms with van der Waals surface area (Å²) in [5, 5.41) is 5.18. The summed E-state index contributed by atoms with van der Waals surface area (Å²) >= 11 is 6.32. The van der Waals surface area contributed by atoms with Gasteiger partial charge in [0.25, 0.3) is 0 Å². The molecule has 2 aliphatic rings. The monoisotopic (exact) mass is 489 g/mol. The number of rotatable bonds is 5. The Morgan fingerprint density at radius 2 is 1.74 bits per heavy atom. The minimum absolute atomic E-state index is 0.231. The summed E-state index contributed by atoms with van der Waals surface area (Å²) in [5.74, 6) is 0.231. The molecule has 3 aromatic rings. The Morgan fingerprint density at radius 3 is 2.49 bits per heavy atom. The summed E-state index contributed by atoms with van der Waals surface area (Å²) in [6.07, 6.45) is 7.06. The highest BCUT2D eigenvalue weighted by molar-refractivity contribution is 6.32. The van der Waals surface area contributed by atoms with Gasteiger partial charge in [-0.1, -0.05) is 41.9 Å². The molecule has 0 spiro atoms. The van der Waals surface area contributed by atoms with Crippen LogP contribution in [0.5, 0.6) is 0 Å². The number of piperazine rings is 1. The number of benzene rings is 2.